The van der Waals surface area contributed by atoms with Gasteiger partial charge in [0.1, 0.15) is 11.6 Å². The van der Waals surface area contributed by atoms with Crippen molar-refractivity contribution in [1.29, 1.82) is 0 Å². The molecule has 2 aliphatic rings. The lowest BCUT2D eigenvalue weighted by molar-refractivity contribution is -0.190. The van der Waals surface area contributed by atoms with E-state index in [2.05, 4.69) is 15.5 Å². The second kappa shape index (κ2) is 8.41. The predicted molar refractivity (Wildman–Crippen MR) is 84.3 cm³/mol. The van der Waals surface area contributed by atoms with Gasteiger partial charge >= 0.3 is 6.03 Å². The summed E-state index contributed by atoms with van der Waals surface area (Å²) in [5.74, 6) is -0.515. The van der Waals surface area contributed by atoms with E-state index >= 15 is 0 Å². The summed E-state index contributed by atoms with van der Waals surface area (Å²) in [4.78, 5) is 37.2. The van der Waals surface area contributed by atoms with Gasteiger partial charge < -0.3 is 10.1 Å². The number of nitrogens with one attached hydrogen (secondary N) is 2. The maximum Gasteiger partial charge on any atom is 0.322 e. The van der Waals surface area contributed by atoms with Gasteiger partial charge in [-0.25, -0.2) is 9.86 Å². The number of carbonyl (C=O) groups is 3. The van der Waals surface area contributed by atoms with Crippen LogP contribution in [0.15, 0.2) is 0 Å². The van der Waals surface area contributed by atoms with E-state index in [1.54, 1.807) is 0 Å². The molecule has 0 aliphatic carbocycles. The number of hydrogen-bond donors (Lipinski definition) is 3. The molecule has 2 fully saturated rings. The van der Waals surface area contributed by atoms with Gasteiger partial charge in [-0.2, -0.15) is 0 Å². The van der Waals surface area contributed by atoms with Gasteiger partial charge in [0.05, 0.1) is 13.2 Å². The first-order valence-corrected chi connectivity index (χ1v) is 8.38. The van der Waals surface area contributed by atoms with Gasteiger partial charge in [-0.05, 0) is 12.8 Å². The Bertz CT molecular complexity index is 469. The number of urea groups is 1. The van der Waals surface area contributed by atoms with Crippen LogP contribution in [0.5, 0.6) is 0 Å². The number of amides is 4. The number of carbonyl (C=O) groups excluding carboxylic acids is 3. The summed E-state index contributed by atoms with van der Waals surface area (Å²) < 4.78 is 5.32. The summed E-state index contributed by atoms with van der Waals surface area (Å²) in [6.07, 6.45) is 2.66. The van der Waals surface area contributed by atoms with Gasteiger partial charge in [0.2, 0.25) is 6.41 Å². The fraction of sp³-hybridized carbons (Fsp3) is 0.800. The highest BCUT2D eigenvalue weighted by atomic mass is 16.5. The maximum atomic E-state index is 12.2. The number of rotatable bonds is 9. The van der Waals surface area contributed by atoms with Crippen molar-refractivity contribution >= 4 is 18.3 Å². The van der Waals surface area contributed by atoms with E-state index in [-0.39, 0.29) is 0 Å². The third-order valence-corrected chi connectivity index (χ3v) is 4.80. The van der Waals surface area contributed by atoms with Crippen LogP contribution in [0.4, 0.5) is 4.79 Å². The smallest absolute Gasteiger partial charge is 0.322 e. The second-order valence-corrected chi connectivity index (χ2v) is 6.26. The normalized spacial score (nSPS) is 24.2. The summed E-state index contributed by atoms with van der Waals surface area (Å²) >= 11 is 0. The number of unbranched alkanes of at least 4 members (excludes halogenated alkanes) is 1. The minimum atomic E-state index is -1.16. The highest BCUT2D eigenvalue weighted by Crippen LogP contribution is 2.30. The van der Waals surface area contributed by atoms with Crippen LogP contribution in [0.25, 0.3) is 0 Å². The van der Waals surface area contributed by atoms with Crippen molar-refractivity contribution in [1.82, 2.24) is 20.6 Å². The molecule has 2 atom stereocenters. The van der Waals surface area contributed by atoms with E-state index in [1.165, 1.54) is 0 Å². The second-order valence-electron chi connectivity index (χ2n) is 6.26. The molecule has 3 N–H and O–H groups in total. The van der Waals surface area contributed by atoms with Crippen LogP contribution < -0.4 is 10.6 Å². The first-order valence-electron chi connectivity index (χ1n) is 8.38. The molecule has 2 unspecified atom stereocenters. The van der Waals surface area contributed by atoms with E-state index in [0.29, 0.717) is 50.5 Å². The molecular weight excluding hydrogens is 316 g/mol. The highest BCUT2D eigenvalue weighted by Gasteiger charge is 2.51. The van der Waals surface area contributed by atoms with E-state index in [1.807, 2.05) is 6.92 Å². The van der Waals surface area contributed by atoms with Crippen LogP contribution >= 0.6 is 0 Å². The van der Waals surface area contributed by atoms with Crippen molar-refractivity contribution < 1.29 is 24.3 Å². The molecule has 2 saturated heterocycles. The Morgan fingerprint density at radius 1 is 1.38 bits per heavy atom. The Balaban J connectivity index is 2.20. The highest BCUT2D eigenvalue weighted by molar-refractivity contribution is 6.05. The third-order valence-electron chi connectivity index (χ3n) is 4.80. The van der Waals surface area contributed by atoms with Crippen molar-refractivity contribution in [2.75, 3.05) is 32.8 Å². The molecule has 4 amide bonds. The molecule has 9 heteroatoms. The molecule has 24 heavy (non-hydrogen) atoms. The standard InChI is InChI=1S/C15H26N4O5/c1-2-3-4-15(19(23)11-20,12-13(21)17-14(22)16-12)5-6-18-7-9-24-10-8-18/h11-12,23H,2-10H2,1H3,(H2,16,17,21,22). The van der Waals surface area contributed by atoms with Gasteiger partial charge in [0.15, 0.2) is 0 Å². The summed E-state index contributed by atoms with van der Waals surface area (Å²) in [5, 5.41) is 15.6. The van der Waals surface area contributed by atoms with Crippen molar-refractivity contribution in [3.05, 3.63) is 0 Å². The predicted octanol–water partition coefficient (Wildman–Crippen LogP) is -0.307. The lowest BCUT2D eigenvalue weighted by Gasteiger charge is -2.42. The number of morpholine rings is 1. The van der Waals surface area contributed by atoms with Crippen LogP contribution in [-0.4, -0.2) is 77.9 Å². The van der Waals surface area contributed by atoms with E-state index in [9.17, 15) is 19.6 Å². The van der Waals surface area contributed by atoms with Crippen LogP contribution in [-0.2, 0) is 14.3 Å². The molecule has 0 radical (unpaired) electrons. The monoisotopic (exact) mass is 342 g/mol. The van der Waals surface area contributed by atoms with Gasteiger partial charge in [-0.15, -0.1) is 0 Å². The zero-order valence-electron chi connectivity index (χ0n) is 14.0. The van der Waals surface area contributed by atoms with E-state index in [4.69, 9.17) is 4.74 Å². The van der Waals surface area contributed by atoms with Gasteiger partial charge in [-0.1, -0.05) is 19.8 Å². The quantitative estimate of drug-likeness (QED) is 0.229. The summed E-state index contributed by atoms with van der Waals surface area (Å²) in [7, 11) is 0. The maximum absolute atomic E-state index is 12.2. The molecule has 0 spiro atoms. The third kappa shape index (κ3) is 4.03. The Kier molecular flexibility index (Phi) is 6.52. The number of hydrogen-bond acceptors (Lipinski definition) is 6. The van der Waals surface area contributed by atoms with Crippen LogP contribution in [0, 0.1) is 0 Å². The molecular formula is C15H26N4O5. The summed E-state index contributed by atoms with van der Waals surface area (Å²) in [6.45, 7) is 5.39. The molecule has 2 rings (SSSR count). The fourth-order valence-electron chi connectivity index (χ4n) is 3.33. The molecule has 136 valence electrons. The number of hydroxylamine groups is 2. The Morgan fingerprint density at radius 2 is 2.08 bits per heavy atom. The van der Waals surface area contributed by atoms with E-state index in [0.717, 1.165) is 19.5 Å². The Labute approximate surface area is 141 Å². The van der Waals surface area contributed by atoms with Crippen LogP contribution in [0.2, 0.25) is 0 Å². The zero-order valence-corrected chi connectivity index (χ0v) is 14.0. The van der Waals surface area contributed by atoms with Gasteiger partial charge in [-0.3, -0.25) is 25.0 Å². The molecule has 2 aliphatic heterocycles. The van der Waals surface area contributed by atoms with Crippen LogP contribution in [0.1, 0.15) is 32.6 Å². The van der Waals surface area contributed by atoms with Gasteiger partial charge in [0, 0.05) is 19.6 Å². The summed E-state index contributed by atoms with van der Waals surface area (Å²) in [6, 6.07) is -1.57. The van der Waals surface area contributed by atoms with Crippen LogP contribution in [0.3, 0.4) is 0 Å². The van der Waals surface area contributed by atoms with Crippen molar-refractivity contribution in [3.8, 4) is 0 Å². The largest absolute Gasteiger partial charge is 0.379 e. The molecule has 0 saturated carbocycles. The minimum Gasteiger partial charge on any atom is -0.379 e. The molecule has 0 aromatic rings. The lowest BCUT2D eigenvalue weighted by atomic mass is 9.81. The molecule has 2 heterocycles. The first-order chi connectivity index (χ1) is 11.5. The number of imide groups is 1. The Hall–Kier alpha value is -1.71. The Morgan fingerprint density at radius 3 is 2.62 bits per heavy atom. The van der Waals surface area contributed by atoms with Crippen molar-refractivity contribution in [2.45, 2.75) is 44.2 Å². The molecule has 9 nitrogen and oxygen atoms in total. The molecule has 0 bridgehead atoms. The van der Waals surface area contributed by atoms with Gasteiger partial charge in [0.25, 0.3) is 5.91 Å². The topological polar surface area (TPSA) is 111 Å². The molecule has 0 aromatic heterocycles. The number of nitrogens with zero attached hydrogens (tertiary/aromatic N) is 2. The number of ether oxygens (including phenoxy) is 1. The average Bonchev–Trinajstić information content (AvgIpc) is 2.94. The fourth-order valence-corrected chi connectivity index (χ4v) is 3.33. The lowest BCUT2D eigenvalue weighted by Crippen LogP contribution is -2.62. The summed E-state index contributed by atoms with van der Waals surface area (Å²) in [5.41, 5.74) is -1.16. The first kappa shape index (κ1) is 18.6. The van der Waals surface area contributed by atoms with Crippen molar-refractivity contribution in [2.24, 2.45) is 0 Å². The molecule has 0 aromatic carbocycles. The minimum absolute atomic E-state index is 0.312. The zero-order chi connectivity index (χ0) is 17.6. The van der Waals surface area contributed by atoms with E-state index < -0.39 is 23.5 Å². The average molecular weight is 342 g/mol. The van der Waals surface area contributed by atoms with Crippen molar-refractivity contribution in [3.63, 3.8) is 0 Å². The SMILES string of the molecule is CCCCC(CCN1CCOCC1)(C1NC(=O)NC1=O)N(O)C=O.